The standard InChI is InChI=1S/C14H19NO4/c1-10(14(16)17)5-6-15(2)11-3-4-12-13(9-11)19-8-7-18-12/h3-4,9-10H,5-8H2,1-2H3,(H,16,17). The van der Waals surface area contributed by atoms with E-state index in [1.807, 2.05) is 30.1 Å². The highest BCUT2D eigenvalue weighted by atomic mass is 16.6. The Morgan fingerprint density at radius 2 is 2.05 bits per heavy atom. The first-order valence-electron chi connectivity index (χ1n) is 6.41. The van der Waals surface area contributed by atoms with Gasteiger partial charge in [-0.05, 0) is 18.6 Å². The van der Waals surface area contributed by atoms with Crippen molar-refractivity contribution in [1.29, 1.82) is 0 Å². The summed E-state index contributed by atoms with van der Waals surface area (Å²) >= 11 is 0. The number of carboxylic acid groups (broad SMARTS) is 1. The molecule has 0 saturated heterocycles. The summed E-state index contributed by atoms with van der Waals surface area (Å²) in [6.07, 6.45) is 0.611. The average Bonchev–Trinajstić information content (AvgIpc) is 2.43. The molecular weight excluding hydrogens is 246 g/mol. The molecule has 19 heavy (non-hydrogen) atoms. The van der Waals surface area contributed by atoms with Gasteiger partial charge in [0.1, 0.15) is 13.2 Å². The van der Waals surface area contributed by atoms with Crippen LogP contribution < -0.4 is 14.4 Å². The lowest BCUT2D eigenvalue weighted by molar-refractivity contribution is -0.141. The molecule has 0 bridgehead atoms. The number of hydrogen-bond donors (Lipinski definition) is 1. The lowest BCUT2D eigenvalue weighted by Crippen LogP contribution is -2.23. The molecule has 104 valence electrons. The summed E-state index contributed by atoms with van der Waals surface area (Å²) in [5, 5.41) is 8.87. The van der Waals surface area contributed by atoms with E-state index in [9.17, 15) is 4.79 Å². The van der Waals surface area contributed by atoms with Crippen molar-refractivity contribution in [1.82, 2.24) is 0 Å². The highest BCUT2D eigenvalue weighted by molar-refractivity contribution is 5.69. The van der Waals surface area contributed by atoms with E-state index in [2.05, 4.69) is 0 Å². The van der Waals surface area contributed by atoms with Crippen LogP contribution >= 0.6 is 0 Å². The molecule has 0 aliphatic carbocycles. The Kier molecular flexibility index (Phi) is 4.14. The quantitative estimate of drug-likeness (QED) is 0.882. The van der Waals surface area contributed by atoms with Gasteiger partial charge in [-0.3, -0.25) is 4.79 Å². The predicted molar refractivity (Wildman–Crippen MR) is 72.1 cm³/mol. The number of ether oxygens (including phenoxy) is 2. The highest BCUT2D eigenvalue weighted by Gasteiger charge is 2.15. The lowest BCUT2D eigenvalue weighted by Gasteiger charge is -2.24. The third-order valence-corrected chi connectivity index (χ3v) is 3.29. The second-order valence-electron chi connectivity index (χ2n) is 4.78. The second kappa shape index (κ2) is 5.82. The largest absolute Gasteiger partial charge is 0.486 e. The van der Waals surface area contributed by atoms with E-state index >= 15 is 0 Å². The lowest BCUT2D eigenvalue weighted by atomic mass is 10.1. The molecule has 1 heterocycles. The predicted octanol–water partition coefficient (Wildman–Crippen LogP) is 2.00. The van der Waals surface area contributed by atoms with Gasteiger partial charge in [-0.25, -0.2) is 0 Å². The van der Waals surface area contributed by atoms with E-state index in [1.165, 1.54) is 0 Å². The van der Waals surface area contributed by atoms with Crippen LogP contribution in [0.3, 0.4) is 0 Å². The van der Waals surface area contributed by atoms with Gasteiger partial charge in [0.25, 0.3) is 0 Å². The second-order valence-corrected chi connectivity index (χ2v) is 4.78. The fraction of sp³-hybridized carbons (Fsp3) is 0.500. The maximum Gasteiger partial charge on any atom is 0.306 e. The van der Waals surface area contributed by atoms with Crippen LogP contribution in [0.1, 0.15) is 13.3 Å². The van der Waals surface area contributed by atoms with Crippen molar-refractivity contribution >= 4 is 11.7 Å². The fourth-order valence-corrected chi connectivity index (χ4v) is 1.91. The maximum absolute atomic E-state index is 10.8. The monoisotopic (exact) mass is 265 g/mol. The zero-order chi connectivity index (χ0) is 13.8. The molecule has 0 aromatic heterocycles. The van der Waals surface area contributed by atoms with Crippen molar-refractivity contribution < 1.29 is 19.4 Å². The van der Waals surface area contributed by atoms with Crippen LogP contribution in [0.2, 0.25) is 0 Å². The first-order chi connectivity index (χ1) is 9.08. The summed E-state index contributed by atoms with van der Waals surface area (Å²) < 4.78 is 11.0. The molecule has 1 aliphatic rings. The van der Waals surface area contributed by atoms with Gasteiger partial charge in [0.2, 0.25) is 0 Å². The summed E-state index contributed by atoms with van der Waals surface area (Å²) in [7, 11) is 1.94. The number of benzene rings is 1. The molecule has 0 amide bonds. The number of rotatable bonds is 5. The number of aliphatic carboxylic acids is 1. The third kappa shape index (κ3) is 3.30. The van der Waals surface area contributed by atoms with Crippen LogP contribution in [-0.4, -0.2) is 37.9 Å². The molecule has 5 nitrogen and oxygen atoms in total. The average molecular weight is 265 g/mol. The third-order valence-electron chi connectivity index (χ3n) is 3.29. The number of fused-ring (bicyclic) bond motifs is 1. The van der Waals surface area contributed by atoms with Crippen LogP contribution in [0, 0.1) is 5.92 Å². The van der Waals surface area contributed by atoms with Crippen LogP contribution in [0.5, 0.6) is 11.5 Å². The molecule has 0 fully saturated rings. The van der Waals surface area contributed by atoms with Crippen LogP contribution in [0.25, 0.3) is 0 Å². The van der Waals surface area contributed by atoms with E-state index in [-0.39, 0.29) is 5.92 Å². The molecule has 1 unspecified atom stereocenters. The van der Waals surface area contributed by atoms with E-state index in [0.29, 0.717) is 26.2 Å². The van der Waals surface area contributed by atoms with E-state index < -0.39 is 5.97 Å². The van der Waals surface area contributed by atoms with Gasteiger partial charge in [-0.2, -0.15) is 0 Å². The van der Waals surface area contributed by atoms with E-state index in [0.717, 1.165) is 17.2 Å². The van der Waals surface area contributed by atoms with Gasteiger partial charge in [-0.1, -0.05) is 6.92 Å². The summed E-state index contributed by atoms with van der Waals surface area (Å²) in [5.41, 5.74) is 1.00. The molecular formula is C14H19NO4. The molecule has 5 heteroatoms. The SMILES string of the molecule is CC(CCN(C)c1ccc2c(c1)OCCO2)C(=O)O. The van der Waals surface area contributed by atoms with Crippen molar-refractivity contribution in [3.05, 3.63) is 18.2 Å². The van der Waals surface area contributed by atoms with Gasteiger partial charge < -0.3 is 19.5 Å². The van der Waals surface area contributed by atoms with Crippen molar-refractivity contribution in [2.24, 2.45) is 5.92 Å². The Morgan fingerprint density at radius 3 is 2.74 bits per heavy atom. The van der Waals surface area contributed by atoms with Crippen molar-refractivity contribution in [3.63, 3.8) is 0 Å². The Morgan fingerprint density at radius 1 is 1.37 bits per heavy atom. The summed E-state index contributed by atoms with van der Waals surface area (Å²) in [5.74, 6) is 0.430. The van der Waals surface area contributed by atoms with Crippen LogP contribution in [0.15, 0.2) is 18.2 Å². The van der Waals surface area contributed by atoms with Crippen molar-refractivity contribution in [2.45, 2.75) is 13.3 Å². The molecule has 1 aliphatic heterocycles. The van der Waals surface area contributed by atoms with Gasteiger partial charge in [0.05, 0.1) is 5.92 Å². The van der Waals surface area contributed by atoms with Gasteiger partial charge in [-0.15, -0.1) is 0 Å². The highest BCUT2D eigenvalue weighted by Crippen LogP contribution is 2.33. The number of anilines is 1. The van der Waals surface area contributed by atoms with E-state index in [1.54, 1.807) is 6.92 Å². The summed E-state index contributed by atoms with van der Waals surface area (Å²) in [4.78, 5) is 12.8. The Balaban J connectivity index is 1.99. The van der Waals surface area contributed by atoms with Crippen LogP contribution in [0.4, 0.5) is 5.69 Å². The first kappa shape index (κ1) is 13.5. The molecule has 0 radical (unpaired) electrons. The van der Waals surface area contributed by atoms with Gasteiger partial charge >= 0.3 is 5.97 Å². The Labute approximate surface area is 112 Å². The fourth-order valence-electron chi connectivity index (χ4n) is 1.91. The molecule has 1 aromatic carbocycles. The smallest absolute Gasteiger partial charge is 0.306 e. The van der Waals surface area contributed by atoms with Crippen LogP contribution in [-0.2, 0) is 4.79 Å². The normalized spacial score (nSPS) is 14.8. The number of carboxylic acids is 1. The Hall–Kier alpha value is -1.91. The van der Waals surface area contributed by atoms with Gasteiger partial charge in [0.15, 0.2) is 11.5 Å². The number of carbonyl (C=O) groups is 1. The Bertz CT molecular complexity index is 461. The summed E-state index contributed by atoms with van der Waals surface area (Å²) in [6.45, 7) is 3.56. The van der Waals surface area contributed by atoms with Crippen molar-refractivity contribution in [2.75, 3.05) is 31.7 Å². The number of nitrogens with zero attached hydrogens (tertiary/aromatic N) is 1. The van der Waals surface area contributed by atoms with Crippen molar-refractivity contribution in [3.8, 4) is 11.5 Å². The summed E-state index contributed by atoms with van der Waals surface area (Å²) in [6, 6.07) is 5.78. The van der Waals surface area contributed by atoms with E-state index in [4.69, 9.17) is 14.6 Å². The molecule has 1 atom stereocenters. The first-order valence-corrected chi connectivity index (χ1v) is 6.41. The molecule has 2 rings (SSSR count). The zero-order valence-corrected chi connectivity index (χ0v) is 11.3. The maximum atomic E-state index is 10.8. The minimum absolute atomic E-state index is 0.334. The molecule has 1 aromatic rings. The molecule has 0 saturated carbocycles. The topological polar surface area (TPSA) is 59.0 Å². The molecule has 0 spiro atoms. The minimum Gasteiger partial charge on any atom is -0.486 e. The zero-order valence-electron chi connectivity index (χ0n) is 11.3. The number of hydrogen-bond acceptors (Lipinski definition) is 4. The minimum atomic E-state index is -0.754. The molecule has 1 N–H and O–H groups in total. The van der Waals surface area contributed by atoms with Gasteiger partial charge in [0, 0.05) is 25.3 Å².